The fourth-order valence-electron chi connectivity index (χ4n) is 2.81. The molecule has 1 aromatic heterocycles. The molecule has 4 rings (SSSR count). The Morgan fingerprint density at radius 1 is 1.03 bits per heavy atom. The van der Waals surface area contributed by atoms with Gasteiger partial charge in [-0.05, 0) is 65.9 Å². The van der Waals surface area contributed by atoms with E-state index in [0.29, 0.717) is 33.5 Å². The summed E-state index contributed by atoms with van der Waals surface area (Å²) in [4.78, 5) is 11.8. The van der Waals surface area contributed by atoms with Crippen LogP contribution in [0.5, 0.6) is 5.75 Å². The molecule has 0 fully saturated rings. The molecule has 0 amide bonds. The van der Waals surface area contributed by atoms with E-state index in [0.717, 1.165) is 17.3 Å². The number of benzene rings is 3. The van der Waals surface area contributed by atoms with Gasteiger partial charge in [-0.2, -0.15) is 0 Å². The minimum atomic E-state index is -1.12. The summed E-state index contributed by atoms with van der Waals surface area (Å²) in [7, 11) is 0. The van der Waals surface area contributed by atoms with Crippen molar-refractivity contribution in [2.75, 3.05) is 0 Å². The number of carboxylic acid groups (broad SMARTS) is 1. The topological polar surface area (TPSA) is 85.5 Å². The van der Waals surface area contributed by atoms with Gasteiger partial charge < -0.3 is 14.3 Å². The van der Waals surface area contributed by atoms with Crippen molar-refractivity contribution in [1.82, 2.24) is 10.2 Å². The molecule has 0 aliphatic rings. The van der Waals surface area contributed by atoms with E-state index in [1.165, 1.54) is 6.08 Å². The quantitative estimate of drug-likeness (QED) is 0.210. The summed E-state index contributed by atoms with van der Waals surface area (Å²) in [5.74, 6) is -0.260. The number of aliphatic carboxylic acids is 1. The van der Waals surface area contributed by atoms with Crippen molar-refractivity contribution in [3.63, 3.8) is 0 Å². The highest BCUT2D eigenvalue weighted by Gasteiger charge is 2.16. The Morgan fingerprint density at radius 3 is 2.58 bits per heavy atom. The normalized spacial score (nSPS) is 11.4. The molecule has 0 aliphatic carbocycles. The van der Waals surface area contributed by atoms with Crippen LogP contribution in [0.3, 0.4) is 0 Å². The maximum atomic E-state index is 11.8. The van der Waals surface area contributed by atoms with E-state index < -0.39 is 5.97 Å². The Balaban J connectivity index is 1.49. The first kappa shape index (κ1) is 22.9. The van der Waals surface area contributed by atoms with Gasteiger partial charge >= 0.3 is 5.97 Å². The molecule has 166 valence electrons. The van der Waals surface area contributed by atoms with Crippen LogP contribution in [0, 0.1) is 0 Å². The van der Waals surface area contributed by atoms with Crippen molar-refractivity contribution < 1.29 is 19.1 Å². The second kappa shape index (κ2) is 10.6. The highest BCUT2D eigenvalue weighted by Crippen LogP contribution is 2.31. The standard InChI is InChI=1S/C24H16Cl2N2O4S/c25-18-10-8-16(9-11-18)22-27-28-24(32-22)33-21(23(29)30)13-15-4-3-6-19(12-15)31-14-17-5-1-2-7-20(17)26/h1-13H,14H2,(H,29,30)/b21-13-. The fourth-order valence-corrected chi connectivity index (χ4v) is 3.80. The van der Waals surface area contributed by atoms with E-state index in [1.807, 2.05) is 18.2 Å². The molecule has 4 aromatic rings. The summed E-state index contributed by atoms with van der Waals surface area (Å²) in [5.41, 5.74) is 2.19. The van der Waals surface area contributed by atoms with Crippen LogP contribution in [-0.4, -0.2) is 21.3 Å². The molecule has 0 unspecified atom stereocenters. The van der Waals surface area contributed by atoms with Gasteiger partial charge in [0.2, 0.25) is 5.89 Å². The summed E-state index contributed by atoms with van der Waals surface area (Å²) in [6, 6.07) is 21.4. The van der Waals surface area contributed by atoms with Crippen LogP contribution in [-0.2, 0) is 11.4 Å². The minimum Gasteiger partial charge on any atom is -0.489 e. The van der Waals surface area contributed by atoms with E-state index in [2.05, 4.69) is 10.2 Å². The highest BCUT2D eigenvalue weighted by atomic mass is 35.5. The molecular formula is C24H16Cl2N2O4S. The largest absolute Gasteiger partial charge is 0.489 e. The number of thioether (sulfide) groups is 1. The average Bonchev–Trinajstić information content (AvgIpc) is 3.27. The first-order chi connectivity index (χ1) is 16.0. The smallest absolute Gasteiger partial charge is 0.342 e. The summed E-state index contributed by atoms with van der Waals surface area (Å²) in [6.07, 6.45) is 1.52. The summed E-state index contributed by atoms with van der Waals surface area (Å²) < 4.78 is 11.4. The van der Waals surface area contributed by atoms with Crippen LogP contribution < -0.4 is 4.74 Å². The van der Waals surface area contributed by atoms with Gasteiger partial charge in [-0.25, -0.2) is 4.79 Å². The SMILES string of the molecule is O=C(O)/C(=C/c1cccc(OCc2ccccc2Cl)c1)Sc1nnc(-c2ccc(Cl)cc2)o1. The number of nitrogens with zero attached hydrogens (tertiary/aromatic N) is 2. The summed E-state index contributed by atoms with van der Waals surface area (Å²) >= 11 is 12.9. The number of carboxylic acids is 1. The fraction of sp³-hybridized carbons (Fsp3) is 0.0417. The van der Waals surface area contributed by atoms with Gasteiger partial charge in [0.1, 0.15) is 17.3 Å². The highest BCUT2D eigenvalue weighted by molar-refractivity contribution is 8.03. The van der Waals surface area contributed by atoms with Crippen LogP contribution >= 0.6 is 35.0 Å². The Bertz CT molecular complexity index is 1310. The number of carbonyl (C=O) groups is 1. The molecule has 0 radical (unpaired) electrons. The third kappa shape index (κ3) is 6.16. The van der Waals surface area contributed by atoms with Crippen molar-refractivity contribution in [2.45, 2.75) is 11.8 Å². The number of aromatic nitrogens is 2. The molecule has 6 nitrogen and oxygen atoms in total. The summed E-state index contributed by atoms with van der Waals surface area (Å²) in [5, 5.41) is 18.9. The molecule has 0 spiro atoms. The predicted molar refractivity (Wildman–Crippen MR) is 128 cm³/mol. The third-order valence-corrected chi connectivity index (χ3v) is 5.89. The zero-order valence-electron chi connectivity index (χ0n) is 16.9. The van der Waals surface area contributed by atoms with Crippen molar-refractivity contribution in [3.05, 3.63) is 98.9 Å². The second-order valence-corrected chi connectivity index (χ2v) is 8.59. The molecule has 0 bridgehead atoms. The van der Waals surface area contributed by atoms with E-state index in [9.17, 15) is 9.90 Å². The van der Waals surface area contributed by atoms with Gasteiger partial charge in [0.05, 0.1) is 0 Å². The van der Waals surface area contributed by atoms with Crippen molar-refractivity contribution in [1.29, 1.82) is 0 Å². The van der Waals surface area contributed by atoms with E-state index in [-0.39, 0.29) is 16.0 Å². The maximum Gasteiger partial charge on any atom is 0.342 e. The Hall–Kier alpha value is -3.26. The molecule has 0 atom stereocenters. The van der Waals surface area contributed by atoms with Gasteiger partial charge in [0.25, 0.3) is 5.22 Å². The molecular weight excluding hydrogens is 483 g/mol. The molecule has 1 N–H and O–H groups in total. The Labute approximate surface area is 203 Å². The first-order valence-electron chi connectivity index (χ1n) is 9.66. The zero-order valence-corrected chi connectivity index (χ0v) is 19.3. The van der Waals surface area contributed by atoms with Crippen LogP contribution in [0.1, 0.15) is 11.1 Å². The lowest BCUT2D eigenvalue weighted by Crippen LogP contribution is -1.98. The van der Waals surface area contributed by atoms with E-state index >= 15 is 0 Å². The van der Waals surface area contributed by atoms with Crippen molar-refractivity contribution in [2.24, 2.45) is 0 Å². The monoisotopic (exact) mass is 498 g/mol. The molecule has 1 heterocycles. The van der Waals surface area contributed by atoms with Gasteiger partial charge in [0.15, 0.2) is 0 Å². The number of hydrogen-bond donors (Lipinski definition) is 1. The van der Waals surface area contributed by atoms with E-state index in [1.54, 1.807) is 54.6 Å². The molecule has 0 saturated heterocycles. The van der Waals surface area contributed by atoms with Gasteiger partial charge in [-0.3, -0.25) is 0 Å². The summed E-state index contributed by atoms with van der Waals surface area (Å²) in [6.45, 7) is 0.294. The maximum absolute atomic E-state index is 11.8. The zero-order chi connectivity index (χ0) is 23.2. The van der Waals surface area contributed by atoms with Crippen LogP contribution in [0.15, 0.2) is 87.3 Å². The molecule has 9 heteroatoms. The van der Waals surface area contributed by atoms with Crippen LogP contribution in [0.25, 0.3) is 17.5 Å². The van der Waals surface area contributed by atoms with Crippen LogP contribution in [0.2, 0.25) is 10.0 Å². The molecule has 3 aromatic carbocycles. The first-order valence-corrected chi connectivity index (χ1v) is 11.2. The van der Waals surface area contributed by atoms with Gasteiger partial charge in [-0.15, -0.1) is 10.2 Å². The van der Waals surface area contributed by atoms with Crippen molar-refractivity contribution >= 4 is 47.0 Å². The number of halogens is 2. The average molecular weight is 499 g/mol. The van der Waals surface area contributed by atoms with Crippen LogP contribution in [0.4, 0.5) is 0 Å². The molecule has 0 saturated carbocycles. The van der Waals surface area contributed by atoms with Crippen molar-refractivity contribution in [3.8, 4) is 17.2 Å². The molecule has 33 heavy (non-hydrogen) atoms. The Morgan fingerprint density at radius 2 is 1.82 bits per heavy atom. The Kier molecular flexibility index (Phi) is 7.34. The third-order valence-electron chi connectivity index (χ3n) is 4.41. The lowest BCUT2D eigenvalue weighted by molar-refractivity contribution is -0.131. The second-order valence-electron chi connectivity index (χ2n) is 6.75. The van der Waals surface area contributed by atoms with E-state index in [4.69, 9.17) is 32.4 Å². The lowest BCUT2D eigenvalue weighted by atomic mass is 10.2. The minimum absolute atomic E-state index is 0.0181. The van der Waals surface area contributed by atoms with Gasteiger partial charge in [0, 0.05) is 21.2 Å². The van der Waals surface area contributed by atoms with Gasteiger partial charge in [-0.1, -0.05) is 53.5 Å². The number of rotatable bonds is 8. The predicted octanol–water partition coefficient (Wildman–Crippen LogP) is 6.84. The number of hydrogen-bond acceptors (Lipinski definition) is 6. The number of ether oxygens (including phenoxy) is 1. The molecule has 0 aliphatic heterocycles. The lowest BCUT2D eigenvalue weighted by Gasteiger charge is -2.08.